The molecule has 3 aliphatic carbocycles. The molecule has 0 spiro atoms. The highest BCUT2D eigenvalue weighted by Gasteiger charge is 2.69. The van der Waals surface area contributed by atoms with Crippen LogP contribution in [0.3, 0.4) is 0 Å². The summed E-state index contributed by atoms with van der Waals surface area (Å²) in [4.78, 5) is 68.6. The SMILES string of the molecule is CN(C)c1ccc(O)c2c1C[C@H]1C[C@H]3C(N(C)C)C(=O)C(C(N)=O)C(=O)[C@@]3(O)C(=O)C1C2=O. The Hall–Kier alpha value is -3.11. The number of aliphatic hydroxyl groups is 1. The summed E-state index contributed by atoms with van der Waals surface area (Å²) in [7, 11) is 6.69. The maximum atomic E-state index is 13.7. The van der Waals surface area contributed by atoms with E-state index in [2.05, 4.69) is 0 Å². The molecule has 3 unspecified atom stereocenters. The quantitative estimate of drug-likeness (QED) is 0.481. The summed E-state index contributed by atoms with van der Waals surface area (Å²) in [5.74, 6) is -10.3. The Morgan fingerprint density at radius 2 is 1.73 bits per heavy atom. The third-order valence-corrected chi connectivity index (χ3v) is 7.40. The van der Waals surface area contributed by atoms with Crippen LogP contribution < -0.4 is 10.6 Å². The fourth-order valence-corrected chi connectivity index (χ4v) is 6.01. The number of nitrogens with zero attached hydrogens (tertiary/aromatic N) is 2. The molecule has 0 radical (unpaired) electrons. The van der Waals surface area contributed by atoms with Crippen molar-refractivity contribution in [1.29, 1.82) is 0 Å². The summed E-state index contributed by atoms with van der Waals surface area (Å²) >= 11 is 0. The first-order valence-electron chi connectivity index (χ1n) is 10.7. The van der Waals surface area contributed by atoms with E-state index in [9.17, 15) is 34.2 Å². The van der Waals surface area contributed by atoms with Crippen molar-refractivity contribution in [2.45, 2.75) is 24.5 Å². The minimum absolute atomic E-state index is 0.00667. The van der Waals surface area contributed by atoms with Crippen LogP contribution in [-0.4, -0.2) is 84.0 Å². The van der Waals surface area contributed by atoms with Crippen LogP contribution in [0.4, 0.5) is 5.69 Å². The number of fused-ring (bicyclic) bond motifs is 3. The van der Waals surface area contributed by atoms with Crippen molar-refractivity contribution in [1.82, 2.24) is 4.90 Å². The van der Waals surface area contributed by atoms with E-state index in [0.29, 0.717) is 11.3 Å². The van der Waals surface area contributed by atoms with E-state index in [1.54, 1.807) is 39.2 Å². The van der Waals surface area contributed by atoms with Crippen LogP contribution in [0.25, 0.3) is 0 Å². The fourth-order valence-electron chi connectivity index (χ4n) is 6.01. The second-order valence-electron chi connectivity index (χ2n) is 9.64. The lowest BCUT2D eigenvalue weighted by Gasteiger charge is -2.52. The third kappa shape index (κ3) is 2.97. The zero-order valence-electron chi connectivity index (χ0n) is 18.9. The summed E-state index contributed by atoms with van der Waals surface area (Å²) in [6.07, 6.45) is 0.278. The minimum atomic E-state index is -2.70. The first-order valence-corrected chi connectivity index (χ1v) is 10.7. The molecule has 176 valence electrons. The molecule has 1 amide bonds. The van der Waals surface area contributed by atoms with Crippen LogP contribution in [-0.2, 0) is 25.6 Å². The lowest BCUT2D eigenvalue weighted by Crippen LogP contribution is -2.74. The Kier molecular flexibility index (Phi) is 5.21. The zero-order chi connectivity index (χ0) is 24.6. The van der Waals surface area contributed by atoms with Crippen LogP contribution in [0.2, 0.25) is 0 Å². The topological polar surface area (TPSA) is 158 Å². The van der Waals surface area contributed by atoms with Gasteiger partial charge < -0.3 is 20.8 Å². The fraction of sp³-hybridized carbons (Fsp3) is 0.522. The van der Waals surface area contributed by atoms with Gasteiger partial charge in [-0.1, -0.05) is 0 Å². The number of anilines is 1. The van der Waals surface area contributed by atoms with Gasteiger partial charge in [-0.25, -0.2) is 0 Å². The molecule has 0 heterocycles. The largest absolute Gasteiger partial charge is 0.507 e. The van der Waals surface area contributed by atoms with Gasteiger partial charge in [-0.3, -0.25) is 28.9 Å². The van der Waals surface area contributed by atoms with Gasteiger partial charge in [-0.05, 0) is 50.6 Å². The number of phenols is 1. The normalized spacial score (nSPS) is 33.5. The summed E-state index contributed by atoms with van der Waals surface area (Å²) < 4.78 is 0. The molecule has 4 rings (SSSR count). The number of aromatic hydroxyl groups is 1. The van der Waals surface area contributed by atoms with E-state index >= 15 is 0 Å². The molecule has 0 saturated heterocycles. The van der Waals surface area contributed by atoms with E-state index in [-0.39, 0.29) is 24.2 Å². The maximum Gasteiger partial charge on any atom is 0.235 e. The molecule has 33 heavy (non-hydrogen) atoms. The van der Waals surface area contributed by atoms with E-state index in [1.807, 2.05) is 0 Å². The van der Waals surface area contributed by atoms with Crippen molar-refractivity contribution >= 4 is 34.7 Å². The lowest BCUT2D eigenvalue weighted by molar-refractivity contribution is -0.181. The molecule has 0 bridgehead atoms. The molecule has 1 aromatic rings. The number of rotatable bonds is 3. The van der Waals surface area contributed by atoms with Crippen LogP contribution in [0.1, 0.15) is 22.3 Å². The highest BCUT2D eigenvalue weighted by Crippen LogP contribution is 2.51. The standard InChI is InChI=1S/C23H27N3O7/c1-25(2)12-5-6-13(27)15-10(12)7-9-8-11-17(26(3)4)19(29)16(22(24)32)21(31)23(11,33)20(30)14(9)18(15)28/h5-6,9,11,14,16-17,27,33H,7-8H2,1-4H3,(H2,24,32)/t9-,11-,14?,16?,17?,23-/m0/s1. The van der Waals surface area contributed by atoms with Gasteiger partial charge in [0.25, 0.3) is 0 Å². The molecule has 0 aromatic heterocycles. The molecule has 0 aliphatic heterocycles. The molecule has 2 saturated carbocycles. The van der Waals surface area contributed by atoms with E-state index in [1.165, 1.54) is 11.0 Å². The van der Waals surface area contributed by atoms with Crippen molar-refractivity contribution in [2.24, 2.45) is 29.4 Å². The number of amides is 1. The van der Waals surface area contributed by atoms with Gasteiger partial charge in [0.1, 0.15) is 5.75 Å². The van der Waals surface area contributed by atoms with Crippen LogP contribution in [0.15, 0.2) is 12.1 Å². The molecular formula is C23H27N3O7. The zero-order valence-corrected chi connectivity index (χ0v) is 18.9. The Morgan fingerprint density at radius 3 is 2.27 bits per heavy atom. The number of hydrogen-bond donors (Lipinski definition) is 3. The van der Waals surface area contributed by atoms with Gasteiger partial charge in [0.2, 0.25) is 5.91 Å². The molecular weight excluding hydrogens is 430 g/mol. The van der Waals surface area contributed by atoms with Crippen molar-refractivity contribution in [3.8, 4) is 5.75 Å². The number of carbonyl (C=O) groups is 5. The van der Waals surface area contributed by atoms with Crippen molar-refractivity contribution in [2.75, 3.05) is 33.1 Å². The van der Waals surface area contributed by atoms with E-state index in [0.717, 1.165) is 0 Å². The number of carbonyl (C=O) groups excluding carboxylic acids is 5. The number of ketones is 4. The highest BCUT2D eigenvalue weighted by molar-refractivity contribution is 6.32. The summed E-state index contributed by atoms with van der Waals surface area (Å²) in [5.41, 5.74) is 3.87. The van der Waals surface area contributed by atoms with Gasteiger partial charge >= 0.3 is 0 Å². The smallest absolute Gasteiger partial charge is 0.235 e. The molecule has 1 aromatic carbocycles. The average Bonchev–Trinajstić information content (AvgIpc) is 2.70. The van der Waals surface area contributed by atoms with Gasteiger partial charge in [-0.2, -0.15) is 0 Å². The van der Waals surface area contributed by atoms with Gasteiger partial charge in [-0.15, -0.1) is 0 Å². The maximum absolute atomic E-state index is 13.7. The predicted octanol–water partition coefficient (Wildman–Crippen LogP) is -1.07. The van der Waals surface area contributed by atoms with Crippen LogP contribution in [0.5, 0.6) is 5.75 Å². The summed E-state index contributed by atoms with van der Waals surface area (Å²) in [5, 5.41) is 21.9. The van der Waals surface area contributed by atoms with E-state index < -0.39 is 64.4 Å². The van der Waals surface area contributed by atoms with Gasteiger partial charge in [0.15, 0.2) is 34.7 Å². The minimum Gasteiger partial charge on any atom is -0.507 e. The number of primary amides is 1. The van der Waals surface area contributed by atoms with Crippen molar-refractivity contribution < 1.29 is 34.2 Å². The number of Topliss-reactive ketones (excluding diaryl/α,β-unsaturated/α-hetero) is 4. The number of benzene rings is 1. The van der Waals surface area contributed by atoms with Crippen LogP contribution >= 0.6 is 0 Å². The molecule has 10 heteroatoms. The number of likely N-dealkylation sites (N-methyl/N-ethyl adjacent to an activating group) is 1. The van der Waals surface area contributed by atoms with Gasteiger partial charge in [0, 0.05) is 25.7 Å². The molecule has 4 N–H and O–H groups in total. The second-order valence-corrected chi connectivity index (χ2v) is 9.64. The third-order valence-electron chi connectivity index (χ3n) is 7.40. The van der Waals surface area contributed by atoms with Crippen LogP contribution in [0, 0.1) is 23.7 Å². The van der Waals surface area contributed by atoms with Crippen molar-refractivity contribution in [3.05, 3.63) is 23.3 Å². The monoisotopic (exact) mass is 457 g/mol. The number of hydrogen-bond acceptors (Lipinski definition) is 9. The lowest BCUT2D eigenvalue weighted by atomic mass is 9.52. The molecule has 2 fully saturated rings. The summed E-state index contributed by atoms with van der Waals surface area (Å²) in [6, 6.07) is 1.94. The first kappa shape index (κ1) is 23.1. The Bertz CT molecular complexity index is 1110. The Balaban J connectivity index is 1.89. The summed E-state index contributed by atoms with van der Waals surface area (Å²) in [6.45, 7) is 0. The predicted molar refractivity (Wildman–Crippen MR) is 116 cm³/mol. The van der Waals surface area contributed by atoms with E-state index in [4.69, 9.17) is 5.73 Å². The second kappa shape index (κ2) is 7.46. The Morgan fingerprint density at radius 1 is 1.09 bits per heavy atom. The van der Waals surface area contributed by atoms with Crippen molar-refractivity contribution in [3.63, 3.8) is 0 Å². The molecule has 6 atom stereocenters. The average molecular weight is 457 g/mol. The van der Waals surface area contributed by atoms with Gasteiger partial charge in [0.05, 0.1) is 17.5 Å². The molecule has 3 aliphatic rings. The Labute approximate surface area is 190 Å². The number of nitrogens with two attached hydrogens (primary N) is 1. The number of phenolic OH excluding ortho intramolecular Hbond substituents is 1. The molecule has 10 nitrogen and oxygen atoms in total. The highest BCUT2D eigenvalue weighted by atomic mass is 16.3. The first-order chi connectivity index (χ1) is 15.3.